The van der Waals surface area contributed by atoms with Gasteiger partial charge in [-0.15, -0.1) is 11.3 Å². The van der Waals surface area contributed by atoms with Gasteiger partial charge in [-0.1, -0.05) is 0 Å². The summed E-state index contributed by atoms with van der Waals surface area (Å²) >= 11 is 1.72. The molecule has 7 nitrogen and oxygen atoms in total. The van der Waals surface area contributed by atoms with Crippen LogP contribution in [0.15, 0.2) is 18.3 Å². The Morgan fingerprint density at radius 2 is 2.17 bits per heavy atom. The number of thiophene rings is 1. The highest BCUT2D eigenvalue weighted by atomic mass is 32.1. The number of pyridine rings is 1. The van der Waals surface area contributed by atoms with E-state index < -0.39 is 6.29 Å². The highest BCUT2D eigenvalue weighted by Gasteiger charge is 2.22. The molecule has 1 atom stereocenters. The van der Waals surface area contributed by atoms with Gasteiger partial charge >= 0.3 is 0 Å². The number of fused-ring (bicyclic) bond motifs is 1. The molecule has 4 rings (SSSR count). The minimum Gasteiger partial charge on any atom is -0.350 e. The van der Waals surface area contributed by atoms with E-state index in [0.717, 1.165) is 30.5 Å². The van der Waals surface area contributed by atoms with Crippen molar-refractivity contribution in [3.05, 3.63) is 33.6 Å². The molecule has 3 aromatic heterocycles. The summed E-state index contributed by atoms with van der Waals surface area (Å²) in [5, 5.41) is 5.17. The zero-order chi connectivity index (χ0) is 20.5. The van der Waals surface area contributed by atoms with Crippen molar-refractivity contribution < 1.29 is 14.4 Å². The molecule has 1 saturated heterocycles. The Kier molecular flexibility index (Phi) is 5.67. The van der Waals surface area contributed by atoms with Crippen LogP contribution < -0.4 is 5.48 Å². The predicted octanol–water partition coefficient (Wildman–Crippen LogP) is 4.55. The van der Waals surface area contributed by atoms with E-state index >= 15 is 0 Å². The third-order valence-electron chi connectivity index (χ3n) is 5.04. The van der Waals surface area contributed by atoms with E-state index in [4.69, 9.17) is 14.6 Å². The van der Waals surface area contributed by atoms with E-state index in [1.165, 1.54) is 9.75 Å². The van der Waals surface area contributed by atoms with Crippen molar-refractivity contribution >= 4 is 28.3 Å². The second-order valence-electron chi connectivity index (χ2n) is 7.65. The summed E-state index contributed by atoms with van der Waals surface area (Å²) in [5.74, 6) is -0.319. The molecule has 8 heteroatoms. The molecule has 0 saturated carbocycles. The number of rotatable bonds is 5. The van der Waals surface area contributed by atoms with E-state index in [9.17, 15) is 4.79 Å². The zero-order valence-corrected chi connectivity index (χ0v) is 18.0. The van der Waals surface area contributed by atoms with E-state index in [1.807, 2.05) is 24.6 Å². The number of amides is 1. The van der Waals surface area contributed by atoms with E-state index in [0.29, 0.717) is 23.2 Å². The van der Waals surface area contributed by atoms with Crippen LogP contribution >= 0.6 is 11.3 Å². The lowest BCUT2D eigenvalue weighted by molar-refractivity contribution is -0.186. The van der Waals surface area contributed by atoms with Gasteiger partial charge in [0.1, 0.15) is 0 Å². The summed E-state index contributed by atoms with van der Waals surface area (Å²) in [5.41, 5.74) is 5.57. The number of ether oxygens (including phenoxy) is 1. The van der Waals surface area contributed by atoms with Gasteiger partial charge in [-0.2, -0.15) is 5.10 Å². The largest absolute Gasteiger partial charge is 0.350 e. The number of hydrogen-bond acceptors (Lipinski definition) is 6. The van der Waals surface area contributed by atoms with Crippen LogP contribution in [-0.2, 0) is 9.57 Å². The molecule has 4 heterocycles. The SMILES string of the molecule is Cc1cc(-c2cc(C(=O)NOC3CCCCO3)c3cnn(C(C)C)c3n2)c(C)s1. The predicted molar refractivity (Wildman–Crippen MR) is 113 cm³/mol. The Bertz CT molecular complexity index is 1030. The van der Waals surface area contributed by atoms with Crippen molar-refractivity contribution in [3.63, 3.8) is 0 Å². The molecule has 0 aromatic carbocycles. The van der Waals surface area contributed by atoms with Gasteiger partial charge in [-0.3, -0.25) is 4.79 Å². The van der Waals surface area contributed by atoms with Gasteiger partial charge in [0, 0.05) is 34.4 Å². The normalized spacial score (nSPS) is 17.2. The van der Waals surface area contributed by atoms with E-state index in [2.05, 4.69) is 30.5 Å². The first-order valence-corrected chi connectivity index (χ1v) is 10.8. The minimum absolute atomic E-state index is 0.128. The molecular formula is C21H26N4O3S. The van der Waals surface area contributed by atoms with Crippen LogP contribution in [0.4, 0.5) is 0 Å². The zero-order valence-electron chi connectivity index (χ0n) is 17.2. The van der Waals surface area contributed by atoms with Gasteiger partial charge in [-0.05, 0) is 52.7 Å². The molecule has 0 aliphatic carbocycles. The van der Waals surface area contributed by atoms with E-state index in [1.54, 1.807) is 17.5 Å². The standard InChI is InChI=1S/C21H26N4O3S/c1-12(2)25-20-17(11-22-25)16(21(26)24-28-19-7-5-6-8-27-19)10-18(23-20)15-9-13(3)29-14(15)4/h9-12,19H,5-8H2,1-4H3,(H,24,26). The smallest absolute Gasteiger partial charge is 0.275 e. The summed E-state index contributed by atoms with van der Waals surface area (Å²) in [7, 11) is 0. The fourth-order valence-corrected chi connectivity index (χ4v) is 4.52. The van der Waals surface area contributed by atoms with Gasteiger partial charge in [-0.25, -0.2) is 20.0 Å². The Labute approximate surface area is 174 Å². The van der Waals surface area contributed by atoms with Crippen LogP contribution in [-0.4, -0.2) is 33.6 Å². The number of aromatic nitrogens is 3. The lowest BCUT2D eigenvalue weighted by atomic mass is 10.1. The van der Waals surface area contributed by atoms with Crippen LogP contribution in [0.1, 0.15) is 59.3 Å². The van der Waals surface area contributed by atoms with Crippen LogP contribution in [0.5, 0.6) is 0 Å². The number of aryl methyl sites for hydroxylation is 2. The van der Waals surface area contributed by atoms with Crippen molar-refractivity contribution in [3.8, 4) is 11.3 Å². The minimum atomic E-state index is -0.398. The fraction of sp³-hybridized carbons (Fsp3) is 0.476. The molecule has 1 aliphatic heterocycles. The average molecular weight is 415 g/mol. The van der Waals surface area contributed by atoms with Crippen molar-refractivity contribution in [2.75, 3.05) is 6.61 Å². The Hall–Kier alpha value is -2.29. The number of hydrogen-bond donors (Lipinski definition) is 1. The number of nitrogens with zero attached hydrogens (tertiary/aromatic N) is 3. The molecule has 1 amide bonds. The number of hydroxylamine groups is 1. The monoisotopic (exact) mass is 414 g/mol. The summed E-state index contributed by atoms with van der Waals surface area (Å²) < 4.78 is 7.38. The van der Waals surface area contributed by atoms with Gasteiger partial charge in [0.05, 0.1) is 22.8 Å². The molecule has 29 heavy (non-hydrogen) atoms. The van der Waals surface area contributed by atoms with Crippen molar-refractivity contribution in [1.82, 2.24) is 20.2 Å². The molecule has 3 aromatic rings. The van der Waals surface area contributed by atoms with Crippen LogP contribution in [0.3, 0.4) is 0 Å². The molecule has 1 aliphatic rings. The van der Waals surface area contributed by atoms with Crippen molar-refractivity contribution in [2.45, 2.75) is 59.3 Å². The summed E-state index contributed by atoms with van der Waals surface area (Å²) in [6.45, 7) is 8.89. The lowest BCUT2D eigenvalue weighted by Crippen LogP contribution is -2.33. The fourth-order valence-electron chi connectivity index (χ4n) is 3.59. The van der Waals surface area contributed by atoms with E-state index in [-0.39, 0.29) is 11.9 Å². The Balaban J connectivity index is 1.73. The Morgan fingerprint density at radius 1 is 1.34 bits per heavy atom. The molecule has 0 bridgehead atoms. The van der Waals surface area contributed by atoms with Crippen LogP contribution in [0.2, 0.25) is 0 Å². The molecule has 1 fully saturated rings. The highest BCUT2D eigenvalue weighted by molar-refractivity contribution is 7.12. The second-order valence-corrected chi connectivity index (χ2v) is 9.11. The molecule has 1 N–H and O–H groups in total. The number of nitrogens with one attached hydrogen (secondary N) is 1. The van der Waals surface area contributed by atoms with Crippen LogP contribution in [0, 0.1) is 13.8 Å². The molecule has 0 spiro atoms. The van der Waals surface area contributed by atoms with Crippen molar-refractivity contribution in [1.29, 1.82) is 0 Å². The first kappa shape index (κ1) is 20.0. The number of carbonyl (C=O) groups is 1. The maximum absolute atomic E-state index is 13.0. The van der Waals surface area contributed by atoms with Gasteiger partial charge in [0.15, 0.2) is 11.9 Å². The second kappa shape index (κ2) is 8.22. The maximum Gasteiger partial charge on any atom is 0.275 e. The molecule has 0 radical (unpaired) electrons. The topological polar surface area (TPSA) is 78.3 Å². The maximum atomic E-state index is 13.0. The lowest BCUT2D eigenvalue weighted by Gasteiger charge is -2.22. The third kappa shape index (κ3) is 4.05. The molecular weight excluding hydrogens is 388 g/mol. The van der Waals surface area contributed by atoms with Crippen molar-refractivity contribution in [2.24, 2.45) is 0 Å². The first-order valence-electron chi connectivity index (χ1n) is 9.97. The summed E-state index contributed by atoms with van der Waals surface area (Å²) in [6, 6.07) is 4.06. The quantitative estimate of drug-likeness (QED) is 0.620. The number of carbonyl (C=O) groups excluding carboxylic acids is 1. The summed E-state index contributed by atoms with van der Waals surface area (Å²) in [4.78, 5) is 25.7. The third-order valence-corrected chi connectivity index (χ3v) is 6.00. The first-order chi connectivity index (χ1) is 13.9. The van der Waals surface area contributed by atoms with Gasteiger partial charge in [0.25, 0.3) is 5.91 Å². The average Bonchev–Trinajstić information content (AvgIpc) is 3.28. The Morgan fingerprint density at radius 3 is 2.83 bits per heavy atom. The highest BCUT2D eigenvalue weighted by Crippen LogP contribution is 2.32. The van der Waals surface area contributed by atoms with Crippen LogP contribution in [0.25, 0.3) is 22.3 Å². The summed E-state index contributed by atoms with van der Waals surface area (Å²) in [6.07, 6.45) is 4.13. The van der Waals surface area contributed by atoms with Gasteiger partial charge < -0.3 is 4.74 Å². The van der Waals surface area contributed by atoms with Gasteiger partial charge in [0.2, 0.25) is 0 Å². The molecule has 154 valence electrons. The molecule has 1 unspecified atom stereocenters.